The molecule has 0 unspecified atom stereocenters. The molecule has 0 aromatic heterocycles. The smallest absolute Gasteiger partial charge is 0.460 e. The minimum atomic E-state index is -7.43. The quantitative estimate of drug-likeness (QED) is 0.328. The van der Waals surface area contributed by atoms with Crippen LogP contribution in [-0.4, -0.2) is 72.5 Å². The molecule has 1 rings (SSSR count). The first-order valence-corrected chi connectivity index (χ1v) is 11.0. The van der Waals surface area contributed by atoms with Crippen LogP contribution in [0.15, 0.2) is 0 Å². The second-order valence-corrected chi connectivity index (χ2v) is 10.8. The van der Waals surface area contributed by atoms with Gasteiger partial charge in [-0.3, -0.25) is 4.79 Å². The first-order valence-electron chi connectivity index (χ1n) is 7.91. The molecule has 0 aromatic carbocycles. The van der Waals surface area contributed by atoms with Gasteiger partial charge in [0.05, 0.1) is 13.2 Å². The Labute approximate surface area is 169 Å². The van der Waals surface area contributed by atoms with E-state index in [1.807, 2.05) is 20.8 Å². The molecule has 0 radical (unpaired) electrons. The lowest BCUT2D eigenvalue weighted by molar-refractivity contribution is -0.382. The SMILES string of the molecule is CC(C)(C)C(=O)C[S+]1CCOCC1.O=S(=O)([O-])C(F)(F)C(F)(F)C(F)(F)C(F)(F)F. The molecular weight excluding hydrogens is 483 g/mol. The van der Waals surface area contributed by atoms with Crippen molar-refractivity contribution in [3.05, 3.63) is 0 Å². The fourth-order valence-corrected chi connectivity index (χ4v) is 4.07. The van der Waals surface area contributed by atoms with Gasteiger partial charge in [0, 0.05) is 5.41 Å². The van der Waals surface area contributed by atoms with Gasteiger partial charge in [-0.25, -0.2) is 8.42 Å². The van der Waals surface area contributed by atoms with E-state index in [9.17, 15) is 57.3 Å². The highest BCUT2D eigenvalue weighted by Crippen LogP contribution is 2.54. The summed E-state index contributed by atoms with van der Waals surface area (Å²) in [5, 5.41) is -7.11. The van der Waals surface area contributed by atoms with Gasteiger partial charge in [0.2, 0.25) is 0 Å². The summed E-state index contributed by atoms with van der Waals surface area (Å²) in [7, 11) is -7.11. The Morgan fingerprint density at radius 2 is 1.30 bits per heavy atom. The zero-order valence-corrected chi connectivity index (χ0v) is 17.4. The number of carbonyl (C=O) groups is 1. The van der Waals surface area contributed by atoms with Crippen LogP contribution in [0.1, 0.15) is 20.8 Å². The van der Waals surface area contributed by atoms with Crippen LogP contribution in [0.2, 0.25) is 0 Å². The van der Waals surface area contributed by atoms with E-state index in [1.54, 1.807) is 0 Å². The van der Waals surface area contributed by atoms with Crippen molar-refractivity contribution in [2.24, 2.45) is 5.41 Å². The summed E-state index contributed by atoms with van der Waals surface area (Å²) >= 11 is 0. The van der Waals surface area contributed by atoms with Crippen LogP contribution in [0.25, 0.3) is 0 Å². The lowest BCUT2D eigenvalue weighted by atomic mass is 9.92. The summed E-state index contributed by atoms with van der Waals surface area (Å²) in [6, 6.07) is 0. The summed E-state index contributed by atoms with van der Waals surface area (Å²) in [6.07, 6.45) is -7.16. The lowest BCUT2D eigenvalue weighted by Gasteiger charge is -2.34. The summed E-state index contributed by atoms with van der Waals surface area (Å²) in [5.74, 6) is -11.5. The standard InChI is InChI=1S/C10H19O2S.C4HF9O3S/c1-10(2,3)9(11)8-13-6-4-12-5-7-13;5-1(6,3(9,10)11)2(7,8)4(12,13)17(14,15)16/h4-8H2,1-3H3;(H,14,15,16)/q+1;/p-1. The van der Waals surface area contributed by atoms with Crippen molar-refractivity contribution < 1.29 is 62.0 Å². The minimum Gasteiger partial charge on any atom is -0.743 e. The van der Waals surface area contributed by atoms with E-state index < -0.39 is 33.4 Å². The maximum absolute atomic E-state index is 12.2. The molecule has 0 saturated carbocycles. The molecule has 1 aliphatic rings. The summed E-state index contributed by atoms with van der Waals surface area (Å²) < 4.78 is 141. The van der Waals surface area contributed by atoms with E-state index in [0.717, 1.165) is 30.5 Å². The fraction of sp³-hybridized carbons (Fsp3) is 0.929. The number of carbonyl (C=O) groups excluding carboxylic acids is 1. The van der Waals surface area contributed by atoms with Gasteiger partial charge in [0.1, 0.15) is 11.5 Å². The predicted octanol–water partition coefficient (Wildman–Crippen LogP) is 3.21. The van der Waals surface area contributed by atoms with Crippen molar-refractivity contribution in [1.82, 2.24) is 0 Å². The molecule has 180 valence electrons. The molecule has 1 fully saturated rings. The van der Waals surface area contributed by atoms with Crippen molar-refractivity contribution >= 4 is 26.8 Å². The normalized spacial score (nSPS) is 17.9. The van der Waals surface area contributed by atoms with Crippen LogP contribution in [0.4, 0.5) is 39.5 Å². The number of alkyl halides is 9. The maximum atomic E-state index is 12.2. The van der Waals surface area contributed by atoms with Crippen LogP contribution in [0, 0.1) is 5.41 Å². The number of Topliss-reactive ketones (excluding diaryl/α,β-unsaturated/α-hetero) is 1. The molecule has 1 aliphatic heterocycles. The van der Waals surface area contributed by atoms with Crippen molar-refractivity contribution in [3.8, 4) is 0 Å². The highest BCUT2D eigenvalue weighted by molar-refractivity contribution is 7.97. The molecule has 1 saturated heterocycles. The highest BCUT2D eigenvalue weighted by atomic mass is 32.2. The van der Waals surface area contributed by atoms with E-state index in [-0.39, 0.29) is 5.41 Å². The Kier molecular flexibility index (Phi) is 9.17. The molecule has 0 atom stereocenters. The molecule has 0 spiro atoms. The summed E-state index contributed by atoms with van der Waals surface area (Å²) in [6.45, 7) is 7.69. The Balaban J connectivity index is 0.000000579. The van der Waals surface area contributed by atoms with E-state index in [4.69, 9.17) is 4.74 Å². The summed E-state index contributed by atoms with van der Waals surface area (Å²) in [4.78, 5) is 11.7. The molecule has 0 amide bonds. The Morgan fingerprint density at radius 1 is 0.900 bits per heavy atom. The van der Waals surface area contributed by atoms with E-state index in [1.165, 1.54) is 0 Å². The second kappa shape index (κ2) is 9.40. The van der Waals surface area contributed by atoms with E-state index in [2.05, 4.69) is 0 Å². The monoisotopic (exact) mass is 502 g/mol. The maximum Gasteiger partial charge on any atom is 0.460 e. The Hall–Kier alpha value is -0.740. The van der Waals surface area contributed by atoms with Crippen molar-refractivity contribution in [1.29, 1.82) is 0 Å². The third-order valence-electron chi connectivity index (χ3n) is 3.63. The van der Waals surface area contributed by atoms with Crippen LogP contribution >= 0.6 is 0 Å². The van der Waals surface area contributed by atoms with Gasteiger partial charge in [-0.2, -0.15) is 39.5 Å². The van der Waals surface area contributed by atoms with Crippen LogP contribution < -0.4 is 0 Å². The van der Waals surface area contributed by atoms with Gasteiger partial charge in [-0.05, 0) is 10.9 Å². The van der Waals surface area contributed by atoms with Crippen molar-refractivity contribution in [2.75, 3.05) is 30.5 Å². The highest BCUT2D eigenvalue weighted by Gasteiger charge is 2.83. The van der Waals surface area contributed by atoms with Gasteiger partial charge in [0.15, 0.2) is 21.7 Å². The van der Waals surface area contributed by atoms with E-state index in [0.29, 0.717) is 16.7 Å². The molecule has 0 aromatic rings. The Bertz CT molecular complexity index is 694. The first kappa shape index (κ1) is 29.3. The molecule has 5 nitrogen and oxygen atoms in total. The third-order valence-corrected chi connectivity index (χ3v) is 6.68. The average molecular weight is 502 g/mol. The van der Waals surface area contributed by atoms with Crippen LogP contribution in [-0.2, 0) is 30.5 Å². The molecule has 0 bridgehead atoms. The zero-order chi connectivity index (χ0) is 24.4. The fourth-order valence-electron chi connectivity index (χ4n) is 1.62. The van der Waals surface area contributed by atoms with Gasteiger partial charge in [0.25, 0.3) is 0 Å². The largest absolute Gasteiger partial charge is 0.743 e. The number of ether oxygens (including phenoxy) is 1. The van der Waals surface area contributed by atoms with Gasteiger partial charge in [-0.15, -0.1) is 0 Å². The van der Waals surface area contributed by atoms with Gasteiger partial charge >= 0.3 is 23.3 Å². The molecule has 0 N–H and O–H groups in total. The number of rotatable bonds is 5. The topological polar surface area (TPSA) is 83.5 Å². The van der Waals surface area contributed by atoms with Gasteiger partial charge < -0.3 is 9.29 Å². The average Bonchev–Trinajstić information content (AvgIpc) is 2.53. The lowest BCUT2D eigenvalue weighted by Crippen LogP contribution is -2.63. The molecule has 30 heavy (non-hydrogen) atoms. The molecule has 1 heterocycles. The molecular formula is C14H19F9O5S2. The minimum absolute atomic E-state index is 0.161. The molecule has 0 aliphatic carbocycles. The number of halogens is 9. The van der Waals surface area contributed by atoms with Crippen molar-refractivity contribution in [3.63, 3.8) is 0 Å². The zero-order valence-electron chi connectivity index (χ0n) is 15.8. The van der Waals surface area contributed by atoms with Crippen LogP contribution in [0.3, 0.4) is 0 Å². The number of hydrogen-bond acceptors (Lipinski definition) is 5. The number of ketones is 1. The van der Waals surface area contributed by atoms with E-state index >= 15 is 0 Å². The van der Waals surface area contributed by atoms with Gasteiger partial charge in [-0.1, -0.05) is 20.8 Å². The first-order chi connectivity index (χ1) is 13.0. The Morgan fingerprint density at radius 3 is 1.60 bits per heavy atom. The summed E-state index contributed by atoms with van der Waals surface area (Å²) in [5.41, 5.74) is -0.161. The third kappa shape index (κ3) is 6.63. The predicted molar refractivity (Wildman–Crippen MR) is 87.8 cm³/mol. The number of hydrogen-bond donors (Lipinski definition) is 0. The van der Waals surface area contributed by atoms with Crippen LogP contribution in [0.5, 0.6) is 0 Å². The van der Waals surface area contributed by atoms with Crippen molar-refractivity contribution in [2.45, 2.75) is 44.0 Å². The second-order valence-electron chi connectivity index (χ2n) is 7.07. The molecule has 16 heteroatoms.